The SMILES string of the molecule is CC(C)(C)[C@H](c1ccc(C(F)(F)F)cc1C(F)(F)F)N1CCNCC1.Cl. The minimum atomic E-state index is -4.85. The topological polar surface area (TPSA) is 15.3 Å². The van der Waals surface area contributed by atoms with Gasteiger partial charge < -0.3 is 5.32 Å². The number of hydrogen-bond donors (Lipinski definition) is 1. The van der Waals surface area contributed by atoms with Crippen molar-refractivity contribution >= 4 is 12.4 Å². The highest BCUT2D eigenvalue weighted by Gasteiger charge is 2.43. The molecule has 1 aromatic rings. The molecule has 2 nitrogen and oxygen atoms in total. The highest BCUT2D eigenvalue weighted by Crippen LogP contribution is 2.45. The van der Waals surface area contributed by atoms with Gasteiger partial charge in [-0.3, -0.25) is 4.90 Å². The Labute approximate surface area is 155 Å². The molecule has 2 rings (SSSR count). The fraction of sp³-hybridized carbons (Fsp3) is 0.647. The molecule has 26 heavy (non-hydrogen) atoms. The van der Waals surface area contributed by atoms with Crippen molar-refractivity contribution in [2.75, 3.05) is 26.2 Å². The van der Waals surface area contributed by atoms with Crippen molar-refractivity contribution in [1.82, 2.24) is 10.2 Å². The van der Waals surface area contributed by atoms with Gasteiger partial charge in [-0.2, -0.15) is 26.3 Å². The van der Waals surface area contributed by atoms with E-state index in [-0.39, 0.29) is 24.0 Å². The van der Waals surface area contributed by atoms with E-state index in [1.807, 2.05) is 4.90 Å². The Kier molecular flexibility index (Phi) is 7.04. The summed E-state index contributed by atoms with van der Waals surface area (Å²) >= 11 is 0. The molecule has 0 aliphatic carbocycles. The van der Waals surface area contributed by atoms with Crippen LogP contribution in [0.2, 0.25) is 0 Å². The zero-order chi connectivity index (χ0) is 19.0. The van der Waals surface area contributed by atoms with Crippen LogP contribution in [-0.4, -0.2) is 31.1 Å². The van der Waals surface area contributed by atoms with Gasteiger partial charge in [0.1, 0.15) is 0 Å². The minimum Gasteiger partial charge on any atom is -0.314 e. The van der Waals surface area contributed by atoms with Gasteiger partial charge in [0.2, 0.25) is 0 Å². The normalized spacial score (nSPS) is 18.3. The Morgan fingerprint density at radius 2 is 1.46 bits per heavy atom. The monoisotopic (exact) mass is 404 g/mol. The molecule has 0 unspecified atom stereocenters. The number of hydrogen-bond acceptors (Lipinski definition) is 2. The van der Waals surface area contributed by atoms with Gasteiger partial charge in [0.25, 0.3) is 0 Å². The van der Waals surface area contributed by atoms with Gasteiger partial charge in [0.05, 0.1) is 11.1 Å². The van der Waals surface area contributed by atoms with E-state index in [0.717, 1.165) is 12.1 Å². The predicted molar refractivity (Wildman–Crippen MR) is 90.3 cm³/mol. The zero-order valence-electron chi connectivity index (χ0n) is 14.8. The van der Waals surface area contributed by atoms with E-state index in [2.05, 4.69) is 5.32 Å². The van der Waals surface area contributed by atoms with Crippen LogP contribution in [0.1, 0.15) is 43.5 Å². The molecule has 1 aliphatic heterocycles. The molecule has 150 valence electrons. The lowest BCUT2D eigenvalue weighted by Gasteiger charge is -2.43. The van der Waals surface area contributed by atoms with E-state index < -0.39 is 34.9 Å². The van der Waals surface area contributed by atoms with Crippen molar-refractivity contribution in [3.05, 3.63) is 34.9 Å². The average Bonchev–Trinajstić information content (AvgIpc) is 2.45. The molecule has 0 radical (unpaired) electrons. The van der Waals surface area contributed by atoms with Crippen LogP contribution in [0.4, 0.5) is 26.3 Å². The molecule has 0 aromatic heterocycles. The zero-order valence-corrected chi connectivity index (χ0v) is 15.6. The molecule has 9 heteroatoms. The van der Waals surface area contributed by atoms with Crippen molar-refractivity contribution < 1.29 is 26.3 Å². The van der Waals surface area contributed by atoms with Crippen molar-refractivity contribution in [3.8, 4) is 0 Å². The molecule has 1 aromatic carbocycles. The van der Waals surface area contributed by atoms with Gasteiger partial charge >= 0.3 is 12.4 Å². The van der Waals surface area contributed by atoms with E-state index in [1.54, 1.807) is 20.8 Å². The van der Waals surface area contributed by atoms with E-state index in [0.29, 0.717) is 26.2 Å². The smallest absolute Gasteiger partial charge is 0.314 e. The second kappa shape index (κ2) is 7.94. The van der Waals surface area contributed by atoms with Crippen molar-refractivity contribution in [3.63, 3.8) is 0 Å². The van der Waals surface area contributed by atoms with Gasteiger partial charge in [0.15, 0.2) is 0 Å². The number of halogens is 7. The van der Waals surface area contributed by atoms with E-state index in [1.165, 1.54) is 0 Å². The fourth-order valence-electron chi connectivity index (χ4n) is 3.37. The molecule has 1 fully saturated rings. The number of nitrogens with zero attached hydrogens (tertiary/aromatic N) is 1. The van der Waals surface area contributed by atoms with Crippen LogP contribution < -0.4 is 5.32 Å². The van der Waals surface area contributed by atoms with Gasteiger partial charge in [-0.05, 0) is 23.1 Å². The van der Waals surface area contributed by atoms with Crippen molar-refractivity contribution in [2.24, 2.45) is 5.41 Å². The highest BCUT2D eigenvalue weighted by molar-refractivity contribution is 5.85. The lowest BCUT2D eigenvalue weighted by atomic mass is 9.79. The summed E-state index contributed by atoms with van der Waals surface area (Å²) in [6, 6.07) is 1.33. The van der Waals surface area contributed by atoms with Crippen molar-refractivity contribution in [1.29, 1.82) is 0 Å². The van der Waals surface area contributed by atoms with Crippen LogP contribution in [0.25, 0.3) is 0 Å². The minimum absolute atomic E-state index is 0. The van der Waals surface area contributed by atoms with Gasteiger partial charge in [-0.25, -0.2) is 0 Å². The maximum Gasteiger partial charge on any atom is 0.416 e. The number of piperazine rings is 1. The lowest BCUT2D eigenvalue weighted by Crippen LogP contribution is -2.48. The van der Waals surface area contributed by atoms with E-state index >= 15 is 0 Å². The molecule has 0 saturated carbocycles. The Balaban J connectivity index is 0.00000338. The molecule has 0 spiro atoms. The van der Waals surface area contributed by atoms with Crippen LogP contribution in [0.3, 0.4) is 0 Å². The number of nitrogens with one attached hydrogen (secondary N) is 1. The quantitative estimate of drug-likeness (QED) is 0.687. The van der Waals surface area contributed by atoms with Crippen LogP contribution in [-0.2, 0) is 12.4 Å². The molecular weight excluding hydrogens is 382 g/mol. The Morgan fingerprint density at radius 1 is 0.923 bits per heavy atom. The maximum absolute atomic E-state index is 13.5. The fourth-order valence-corrected chi connectivity index (χ4v) is 3.37. The first kappa shape index (κ1) is 23.0. The van der Waals surface area contributed by atoms with Crippen molar-refractivity contribution in [2.45, 2.75) is 39.2 Å². The first-order valence-corrected chi connectivity index (χ1v) is 8.05. The van der Waals surface area contributed by atoms with Crippen LogP contribution in [0, 0.1) is 5.41 Å². The summed E-state index contributed by atoms with van der Waals surface area (Å²) in [7, 11) is 0. The summed E-state index contributed by atoms with van der Waals surface area (Å²) in [4.78, 5) is 1.91. The van der Waals surface area contributed by atoms with E-state index in [4.69, 9.17) is 0 Å². The standard InChI is InChI=1S/C17H22F6N2.ClH/c1-15(2,3)14(25-8-6-24-7-9-25)12-5-4-11(16(18,19)20)10-13(12)17(21,22)23;/h4-5,10,14,24H,6-9H2,1-3H3;1H/t14-;/m0./s1. The summed E-state index contributed by atoms with van der Waals surface area (Å²) in [5.41, 5.74) is -3.16. The molecular formula is C17H23ClF6N2. The van der Waals surface area contributed by atoms with Gasteiger partial charge in [0, 0.05) is 32.2 Å². The molecule has 1 aliphatic rings. The second-order valence-electron chi connectivity index (χ2n) is 7.35. The Bertz CT molecular complexity index is 601. The highest BCUT2D eigenvalue weighted by atomic mass is 35.5. The predicted octanol–water partition coefficient (Wildman–Crippen LogP) is 5.14. The third kappa shape index (κ3) is 5.27. The third-order valence-electron chi connectivity index (χ3n) is 4.32. The summed E-state index contributed by atoms with van der Waals surface area (Å²) in [5.74, 6) is 0. The Morgan fingerprint density at radius 3 is 1.88 bits per heavy atom. The molecule has 1 heterocycles. The first-order chi connectivity index (χ1) is 11.3. The lowest BCUT2D eigenvalue weighted by molar-refractivity contribution is -0.144. The number of benzene rings is 1. The van der Waals surface area contributed by atoms with Crippen LogP contribution in [0.5, 0.6) is 0 Å². The summed E-state index contributed by atoms with van der Waals surface area (Å²) in [5, 5.41) is 3.13. The van der Waals surface area contributed by atoms with E-state index in [9.17, 15) is 26.3 Å². The third-order valence-corrected chi connectivity index (χ3v) is 4.32. The molecule has 1 N–H and O–H groups in total. The molecule has 0 amide bonds. The summed E-state index contributed by atoms with van der Waals surface area (Å²) < 4.78 is 79.3. The second-order valence-corrected chi connectivity index (χ2v) is 7.35. The summed E-state index contributed by atoms with van der Waals surface area (Å²) in [6.07, 6.45) is -9.67. The molecule has 0 bridgehead atoms. The maximum atomic E-state index is 13.5. The molecule has 1 atom stereocenters. The summed E-state index contributed by atoms with van der Waals surface area (Å²) in [6.45, 7) is 7.76. The average molecular weight is 405 g/mol. The van der Waals surface area contributed by atoms with Gasteiger partial charge in [-0.15, -0.1) is 12.4 Å². The number of rotatable bonds is 2. The van der Waals surface area contributed by atoms with Crippen LogP contribution in [0.15, 0.2) is 18.2 Å². The molecule has 1 saturated heterocycles. The largest absolute Gasteiger partial charge is 0.416 e. The first-order valence-electron chi connectivity index (χ1n) is 8.05. The van der Waals surface area contributed by atoms with Gasteiger partial charge in [-0.1, -0.05) is 26.8 Å². The number of alkyl halides is 6. The van der Waals surface area contributed by atoms with Crippen LogP contribution >= 0.6 is 12.4 Å². The Hall–Kier alpha value is -0.990.